The predicted molar refractivity (Wildman–Crippen MR) is 148 cm³/mol. The van der Waals surface area contributed by atoms with Crippen molar-refractivity contribution in [2.75, 3.05) is 14.2 Å². The number of ether oxygens (including phenoxy) is 2. The molecule has 0 amide bonds. The summed E-state index contributed by atoms with van der Waals surface area (Å²) < 4.78 is 16.5. The fraction of sp³-hybridized carbons (Fsp3) is 0.0645. The van der Waals surface area contributed by atoms with Crippen molar-refractivity contribution in [3.8, 4) is 40.1 Å². The predicted octanol–water partition coefficient (Wildman–Crippen LogP) is 6.45. The highest BCUT2D eigenvalue weighted by Gasteiger charge is 2.18. The topological polar surface area (TPSA) is 109 Å². The number of phenolic OH excluding ortho intramolecular Hbond substituents is 3. The van der Waals surface area contributed by atoms with Crippen LogP contribution in [0.3, 0.4) is 0 Å². The van der Waals surface area contributed by atoms with Crippen molar-refractivity contribution < 1.29 is 29.2 Å². The molecule has 3 N–H and O–H groups in total. The quantitative estimate of drug-likeness (QED) is 0.233. The lowest BCUT2D eigenvalue weighted by Crippen LogP contribution is -2.08. The van der Waals surface area contributed by atoms with Crippen molar-refractivity contribution in [1.29, 1.82) is 0 Å². The van der Waals surface area contributed by atoms with E-state index in [1.807, 2.05) is 36.4 Å². The molecule has 0 unspecified atom stereocenters. The molecule has 0 spiro atoms. The van der Waals surface area contributed by atoms with Gasteiger partial charge in [-0.2, -0.15) is 0 Å². The summed E-state index contributed by atoms with van der Waals surface area (Å²) in [6.07, 6.45) is 3.60. The van der Waals surface area contributed by atoms with Crippen LogP contribution in [0.15, 0.2) is 100 Å². The van der Waals surface area contributed by atoms with E-state index in [1.165, 1.54) is 13.2 Å². The van der Waals surface area contributed by atoms with Crippen molar-refractivity contribution in [2.45, 2.75) is 0 Å². The van der Waals surface area contributed by atoms with Gasteiger partial charge in [0, 0.05) is 11.6 Å². The maximum Gasteiger partial charge on any atom is 0.235 e. The van der Waals surface area contributed by atoms with Crippen LogP contribution in [0.1, 0.15) is 11.1 Å². The SMILES string of the molecule is COc1c(-c2ccccc2)oc2c(OC)cccc2c1=O.Oc1ccc(C=Cc2cc(O)cc(O)c2)cc1. The number of hydrogen-bond acceptors (Lipinski definition) is 7. The molecular weight excluding hydrogens is 484 g/mol. The van der Waals surface area contributed by atoms with E-state index in [1.54, 1.807) is 67.8 Å². The van der Waals surface area contributed by atoms with Gasteiger partial charge in [-0.25, -0.2) is 0 Å². The van der Waals surface area contributed by atoms with Crippen LogP contribution in [0.2, 0.25) is 0 Å². The Hall–Kier alpha value is -5.17. The van der Waals surface area contributed by atoms with E-state index in [4.69, 9.17) is 19.0 Å². The van der Waals surface area contributed by atoms with Crippen molar-refractivity contribution in [3.05, 3.63) is 112 Å². The third-order valence-electron chi connectivity index (χ3n) is 5.59. The van der Waals surface area contributed by atoms with Gasteiger partial charge in [0.15, 0.2) is 17.1 Å². The summed E-state index contributed by atoms with van der Waals surface area (Å²) in [5.41, 5.74) is 2.61. The lowest BCUT2D eigenvalue weighted by molar-refractivity contribution is 0.391. The summed E-state index contributed by atoms with van der Waals surface area (Å²) in [5.74, 6) is 1.38. The number of hydrogen-bond donors (Lipinski definition) is 3. The first-order valence-corrected chi connectivity index (χ1v) is 11.6. The van der Waals surface area contributed by atoms with Crippen molar-refractivity contribution in [3.63, 3.8) is 0 Å². The van der Waals surface area contributed by atoms with Crippen LogP contribution in [0.4, 0.5) is 0 Å². The molecule has 7 heteroatoms. The van der Waals surface area contributed by atoms with E-state index in [9.17, 15) is 15.0 Å². The van der Waals surface area contributed by atoms with Gasteiger partial charge in [0.05, 0.1) is 19.6 Å². The summed E-state index contributed by atoms with van der Waals surface area (Å²) in [7, 11) is 3.01. The fourth-order valence-corrected chi connectivity index (χ4v) is 3.79. The molecule has 0 bridgehead atoms. The standard InChI is InChI=1S/C17H14O4.C14H12O3/c1-19-13-10-6-9-12-14(18)17(20-2)15(21-16(12)13)11-7-4-3-5-8-11;15-12-5-3-10(4-6-12)1-2-11-7-13(16)9-14(17)8-11/h3-10H,1-2H3;1-9,15-17H. The van der Waals surface area contributed by atoms with Gasteiger partial charge in [-0.3, -0.25) is 4.79 Å². The minimum Gasteiger partial charge on any atom is -0.508 e. The molecule has 4 aromatic carbocycles. The van der Waals surface area contributed by atoms with Crippen LogP contribution in [0.25, 0.3) is 34.4 Å². The number of rotatable bonds is 5. The number of phenols is 3. The normalized spacial score (nSPS) is 10.7. The maximum absolute atomic E-state index is 12.6. The zero-order chi connectivity index (χ0) is 27.1. The van der Waals surface area contributed by atoms with E-state index in [0.717, 1.165) is 11.1 Å². The Morgan fingerprint density at radius 1 is 0.684 bits per heavy atom. The molecule has 0 fully saturated rings. The van der Waals surface area contributed by atoms with E-state index in [0.29, 0.717) is 28.0 Å². The Morgan fingerprint density at radius 3 is 1.97 bits per heavy atom. The van der Waals surface area contributed by atoms with Gasteiger partial charge in [0.25, 0.3) is 0 Å². The maximum atomic E-state index is 12.6. The van der Waals surface area contributed by atoms with Gasteiger partial charge in [0.2, 0.25) is 11.2 Å². The number of aromatic hydroxyl groups is 3. The Kier molecular flexibility index (Phi) is 7.98. The minimum atomic E-state index is -0.212. The van der Waals surface area contributed by atoms with Crippen LogP contribution < -0.4 is 14.9 Å². The molecule has 0 aliphatic carbocycles. The molecular formula is C31H26O7. The summed E-state index contributed by atoms with van der Waals surface area (Å²) in [4.78, 5) is 12.6. The first-order valence-electron chi connectivity index (χ1n) is 11.6. The second kappa shape index (κ2) is 11.7. The lowest BCUT2D eigenvalue weighted by atomic mass is 10.1. The molecule has 0 saturated heterocycles. The Labute approximate surface area is 219 Å². The molecule has 1 aromatic heterocycles. The Balaban J connectivity index is 0.000000181. The third-order valence-corrected chi connectivity index (χ3v) is 5.59. The number of benzene rings is 4. The highest BCUT2D eigenvalue weighted by atomic mass is 16.5. The number of para-hydroxylation sites is 1. The van der Waals surface area contributed by atoms with Gasteiger partial charge in [-0.1, -0.05) is 60.7 Å². The third kappa shape index (κ3) is 5.96. The zero-order valence-electron chi connectivity index (χ0n) is 20.8. The van der Waals surface area contributed by atoms with E-state index < -0.39 is 0 Å². The second-order valence-electron chi connectivity index (χ2n) is 8.20. The Morgan fingerprint density at radius 2 is 1.34 bits per heavy atom. The molecule has 0 aliphatic heterocycles. The first kappa shape index (κ1) is 25.9. The molecule has 192 valence electrons. The highest BCUT2D eigenvalue weighted by molar-refractivity contribution is 5.86. The average Bonchev–Trinajstić information content (AvgIpc) is 2.93. The van der Waals surface area contributed by atoms with Gasteiger partial charge < -0.3 is 29.2 Å². The molecule has 38 heavy (non-hydrogen) atoms. The average molecular weight is 511 g/mol. The van der Waals surface area contributed by atoms with Crippen LogP contribution in [0, 0.1) is 0 Å². The molecule has 5 aromatic rings. The molecule has 0 aliphatic rings. The first-order chi connectivity index (χ1) is 18.4. The Bertz CT molecular complexity index is 1600. The number of methoxy groups -OCH3 is 2. The summed E-state index contributed by atoms with van der Waals surface area (Å²) >= 11 is 0. The fourth-order valence-electron chi connectivity index (χ4n) is 3.79. The summed E-state index contributed by atoms with van der Waals surface area (Å²) in [6.45, 7) is 0. The van der Waals surface area contributed by atoms with Gasteiger partial charge >= 0.3 is 0 Å². The molecule has 0 saturated carbocycles. The van der Waals surface area contributed by atoms with Crippen molar-refractivity contribution >= 4 is 23.1 Å². The van der Waals surface area contributed by atoms with Gasteiger partial charge in [0.1, 0.15) is 17.2 Å². The smallest absolute Gasteiger partial charge is 0.235 e. The van der Waals surface area contributed by atoms with Crippen LogP contribution >= 0.6 is 0 Å². The molecule has 7 nitrogen and oxygen atoms in total. The van der Waals surface area contributed by atoms with Crippen LogP contribution in [-0.2, 0) is 0 Å². The van der Waals surface area contributed by atoms with Gasteiger partial charge in [-0.05, 0) is 47.5 Å². The largest absolute Gasteiger partial charge is 0.508 e. The molecule has 0 atom stereocenters. The van der Waals surface area contributed by atoms with E-state index in [-0.39, 0.29) is 28.4 Å². The summed E-state index contributed by atoms with van der Waals surface area (Å²) in [6, 6.07) is 25.7. The monoisotopic (exact) mass is 510 g/mol. The number of fused-ring (bicyclic) bond motifs is 1. The van der Waals surface area contributed by atoms with Gasteiger partial charge in [-0.15, -0.1) is 0 Å². The van der Waals surface area contributed by atoms with Crippen LogP contribution in [0.5, 0.6) is 28.7 Å². The minimum absolute atomic E-state index is 0.0235. The van der Waals surface area contributed by atoms with E-state index in [2.05, 4.69) is 0 Å². The highest BCUT2D eigenvalue weighted by Crippen LogP contribution is 2.34. The second-order valence-corrected chi connectivity index (χ2v) is 8.20. The molecule has 1 heterocycles. The van der Waals surface area contributed by atoms with Crippen molar-refractivity contribution in [1.82, 2.24) is 0 Å². The van der Waals surface area contributed by atoms with E-state index >= 15 is 0 Å². The molecule has 0 radical (unpaired) electrons. The molecule has 5 rings (SSSR count). The van der Waals surface area contributed by atoms with Crippen LogP contribution in [-0.4, -0.2) is 29.5 Å². The zero-order valence-corrected chi connectivity index (χ0v) is 20.8. The summed E-state index contributed by atoms with van der Waals surface area (Å²) in [5, 5.41) is 28.2. The van der Waals surface area contributed by atoms with Crippen molar-refractivity contribution in [2.24, 2.45) is 0 Å². The lowest BCUT2D eigenvalue weighted by Gasteiger charge is -2.10.